The molecule has 0 atom stereocenters. The molecular weight excluding hydrogens is 264 g/mol. The molecule has 1 aromatic rings. The summed E-state index contributed by atoms with van der Waals surface area (Å²) in [4.78, 5) is 19.5. The molecule has 5 nitrogen and oxygen atoms in total. The van der Waals surface area contributed by atoms with E-state index in [2.05, 4.69) is 21.9 Å². The second kappa shape index (κ2) is 7.16. The summed E-state index contributed by atoms with van der Waals surface area (Å²) in [6, 6.07) is 0. The monoisotopic (exact) mass is 292 g/mol. The minimum Gasteiger partial charge on any atom is -0.297 e. The Morgan fingerprint density at radius 2 is 1.95 bits per heavy atom. The third kappa shape index (κ3) is 3.51. The van der Waals surface area contributed by atoms with E-state index in [4.69, 9.17) is 0 Å². The summed E-state index contributed by atoms with van der Waals surface area (Å²) in [6.07, 6.45) is 9.69. The first kappa shape index (κ1) is 16.1. The molecule has 1 fully saturated rings. The first-order chi connectivity index (χ1) is 10.1. The van der Waals surface area contributed by atoms with Gasteiger partial charge in [0.1, 0.15) is 12.2 Å². The lowest BCUT2D eigenvalue weighted by Crippen LogP contribution is -2.51. The summed E-state index contributed by atoms with van der Waals surface area (Å²) in [5.41, 5.74) is -0.306. The molecule has 2 rings (SSSR count). The normalized spacial score (nSPS) is 18.7. The van der Waals surface area contributed by atoms with Gasteiger partial charge in [0.25, 0.3) is 0 Å². The maximum atomic E-state index is 13.0. The largest absolute Gasteiger partial charge is 0.297 e. The number of carbonyl (C=O) groups excluding carboxylic acids is 1. The Hall–Kier alpha value is -1.23. The number of carbonyl (C=O) groups is 1. The van der Waals surface area contributed by atoms with Gasteiger partial charge in [0.05, 0.1) is 12.0 Å². The number of aryl methyl sites for hydroxylation is 1. The lowest BCUT2D eigenvalue weighted by Gasteiger charge is -2.38. The Morgan fingerprint density at radius 1 is 1.29 bits per heavy atom. The first-order valence-corrected chi connectivity index (χ1v) is 8.17. The Kier molecular flexibility index (Phi) is 5.51. The van der Waals surface area contributed by atoms with Gasteiger partial charge in [-0.1, -0.05) is 32.6 Å². The highest BCUT2D eigenvalue weighted by Gasteiger charge is 2.40. The summed E-state index contributed by atoms with van der Waals surface area (Å²) in [5.74, 6) is 1.12. The fraction of sp³-hybridized carbons (Fsp3) is 0.812. The van der Waals surface area contributed by atoms with E-state index in [1.807, 2.05) is 18.8 Å². The van der Waals surface area contributed by atoms with Crippen LogP contribution < -0.4 is 0 Å². The van der Waals surface area contributed by atoms with Gasteiger partial charge in [0, 0.05) is 6.54 Å². The minimum atomic E-state index is -0.306. The maximum Gasteiger partial charge on any atom is 0.160 e. The van der Waals surface area contributed by atoms with E-state index in [9.17, 15) is 4.79 Å². The van der Waals surface area contributed by atoms with Crippen LogP contribution in [0.3, 0.4) is 0 Å². The van der Waals surface area contributed by atoms with E-state index in [1.165, 1.54) is 12.8 Å². The molecule has 0 amide bonds. The van der Waals surface area contributed by atoms with E-state index in [1.54, 1.807) is 6.33 Å². The summed E-state index contributed by atoms with van der Waals surface area (Å²) >= 11 is 0. The number of rotatable bonds is 6. The first-order valence-electron chi connectivity index (χ1n) is 8.17. The molecule has 1 aliphatic carbocycles. The molecule has 0 aliphatic heterocycles. The molecule has 0 spiro atoms. The zero-order chi connectivity index (χ0) is 15.3. The third-order valence-corrected chi connectivity index (χ3v) is 4.76. The van der Waals surface area contributed by atoms with Gasteiger partial charge >= 0.3 is 0 Å². The van der Waals surface area contributed by atoms with Gasteiger partial charge in [0.15, 0.2) is 5.78 Å². The highest BCUT2D eigenvalue weighted by atomic mass is 16.1. The summed E-state index contributed by atoms with van der Waals surface area (Å²) in [6.45, 7) is 2.94. The predicted molar refractivity (Wildman–Crippen MR) is 83.1 cm³/mol. The van der Waals surface area contributed by atoms with Crippen LogP contribution >= 0.6 is 0 Å². The van der Waals surface area contributed by atoms with E-state index >= 15 is 0 Å². The van der Waals surface area contributed by atoms with Crippen molar-refractivity contribution in [2.75, 3.05) is 14.1 Å². The Bertz CT molecular complexity index is 459. The van der Waals surface area contributed by atoms with Gasteiger partial charge in [-0.25, -0.2) is 9.67 Å². The quantitative estimate of drug-likeness (QED) is 0.756. The van der Waals surface area contributed by atoms with E-state index in [0.29, 0.717) is 12.2 Å². The van der Waals surface area contributed by atoms with Crippen molar-refractivity contribution in [3.8, 4) is 0 Å². The number of ketones is 1. The zero-order valence-corrected chi connectivity index (χ0v) is 13.6. The third-order valence-electron chi connectivity index (χ3n) is 4.76. The van der Waals surface area contributed by atoms with Crippen LogP contribution in [0.1, 0.15) is 57.7 Å². The van der Waals surface area contributed by atoms with Gasteiger partial charge in [-0.2, -0.15) is 5.10 Å². The molecule has 0 radical (unpaired) electrons. The number of nitrogens with zero attached hydrogens (tertiary/aromatic N) is 4. The van der Waals surface area contributed by atoms with Crippen molar-refractivity contribution in [1.82, 2.24) is 19.7 Å². The second-order valence-corrected chi connectivity index (χ2v) is 6.34. The van der Waals surface area contributed by atoms with Crippen molar-refractivity contribution in [3.05, 3.63) is 12.2 Å². The van der Waals surface area contributed by atoms with Crippen molar-refractivity contribution >= 4 is 5.78 Å². The van der Waals surface area contributed by atoms with Crippen molar-refractivity contribution in [1.29, 1.82) is 0 Å². The number of Topliss-reactive ketones (excluding diaryl/α,β-unsaturated/α-hetero) is 1. The van der Waals surface area contributed by atoms with Crippen LogP contribution in [0.25, 0.3) is 0 Å². The predicted octanol–water partition coefficient (Wildman–Crippen LogP) is 2.45. The lowest BCUT2D eigenvalue weighted by molar-refractivity contribution is -0.130. The SMILES string of the molecule is CCCn1ncnc1CC(=O)C1(N(C)C)CCCCCC1. The number of aromatic nitrogens is 3. The fourth-order valence-corrected chi connectivity index (χ4v) is 3.42. The van der Waals surface area contributed by atoms with Crippen molar-refractivity contribution in [3.63, 3.8) is 0 Å². The standard InChI is InChI=1S/C16H28N4O/c1-4-11-20-15(17-13-18-20)12-14(21)16(19(2)3)9-7-5-6-8-10-16/h13H,4-12H2,1-3H3. The van der Waals surface area contributed by atoms with Crippen LogP contribution in [0, 0.1) is 0 Å². The molecule has 1 heterocycles. The molecule has 0 N–H and O–H groups in total. The summed E-state index contributed by atoms with van der Waals surface area (Å²) < 4.78 is 1.87. The van der Waals surface area contributed by atoms with Crippen molar-refractivity contribution in [2.45, 2.75) is 70.4 Å². The highest BCUT2D eigenvalue weighted by Crippen LogP contribution is 2.32. The highest BCUT2D eigenvalue weighted by molar-refractivity contribution is 5.89. The molecule has 21 heavy (non-hydrogen) atoms. The molecule has 0 bridgehead atoms. The Morgan fingerprint density at radius 3 is 2.52 bits per heavy atom. The Balaban J connectivity index is 2.16. The topological polar surface area (TPSA) is 51.0 Å². The van der Waals surface area contributed by atoms with Crippen molar-refractivity contribution < 1.29 is 4.79 Å². The van der Waals surface area contributed by atoms with Gasteiger partial charge in [-0.3, -0.25) is 9.69 Å². The Labute approximate surface area is 127 Å². The molecule has 1 aliphatic rings. The average Bonchev–Trinajstić information content (AvgIpc) is 2.75. The van der Waals surface area contributed by atoms with E-state index < -0.39 is 0 Å². The number of likely N-dealkylation sites (N-methyl/N-ethyl adjacent to an activating group) is 1. The minimum absolute atomic E-state index is 0.305. The maximum absolute atomic E-state index is 13.0. The lowest BCUT2D eigenvalue weighted by atomic mass is 9.83. The average molecular weight is 292 g/mol. The van der Waals surface area contributed by atoms with Crippen molar-refractivity contribution in [2.24, 2.45) is 0 Å². The molecule has 1 saturated carbocycles. The van der Waals surface area contributed by atoms with Gasteiger partial charge < -0.3 is 0 Å². The van der Waals surface area contributed by atoms with Crippen LogP contribution in [0.15, 0.2) is 6.33 Å². The number of hydrogen-bond acceptors (Lipinski definition) is 4. The summed E-state index contributed by atoms with van der Waals surface area (Å²) in [7, 11) is 4.08. The molecule has 118 valence electrons. The fourth-order valence-electron chi connectivity index (χ4n) is 3.42. The zero-order valence-electron chi connectivity index (χ0n) is 13.6. The molecule has 1 aromatic heterocycles. The van der Waals surface area contributed by atoms with E-state index in [0.717, 1.165) is 44.5 Å². The van der Waals surface area contributed by atoms with E-state index in [-0.39, 0.29) is 5.54 Å². The molecular formula is C16H28N4O. The van der Waals surface area contributed by atoms with Gasteiger partial charge in [-0.05, 0) is 33.4 Å². The molecule has 5 heteroatoms. The second-order valence-electron chi connectivity index (χ2n) is 6.34. The summed E-state index contributed by atoms with van der Waals surface area (Å²) in [5, 5.41) is 4.23. The van der Waals surface area contributed by atoms with Crippen LogP contribution in [0.2, 0.25) is 0 Å². The molecule has 0 unspecified atom stereocenters. The molecule has 0 saturated heterocycles. The van der Waals surface area contributed by atoms with Crippen LogP contribution in [0.5, 0.6) is 0 Å². The smallest absolute Gasteiger partial charge is 0.160 e. The van der Waals surface area contributed by atoms with Crippen LogP contribution in [-0.2, 0) is 17.8 Å². The van der Waals surface area contributed by atoms with Gasteiger partial charge in [-0.15, -0.1) is 0 Å². The van der Waals surface area contributed by atoms with Gasteiger partial charge in [0.2, 0.25) is 0 Å². The number of hydrogen-bond donors (Lipinski definition) is 0. The molecule has 0 aromatic carbocycles. The van der Waals surface area contributed by atoms with Crippen LogP contribution in [0.4, 0.5) is 0 Å². The van der Waals surface area contributed by atoms with Crippen LogP contribution in [-0.4, -0.2) is 45.1 Å².